The molecule has 1 saturated heterocycles. The molecule has 8 nitrogen and oxygen atoms in total. The van der Waals surface area contributed by atoms with Gasteiger partial charge in [0, 0.05) is 12.7 Å². The fourth-order valence-corrected chi connectivity index (χ4v) is 2.93. The Kier molecular flexibility index (Phi) is 4.57. The number of rotatable bonds is 4. The highest BCUT2D eigenvalue weighted by Crippen LogP contribution is 2.30. The first-order valence-corrected chi connectivity index (χ1v) is 8.21. The fraction of sp³-hybridized carbons (Fsp3) is 0.529. The Bertz CT molecular complexity index is 759. The second kappa shape index (κ2) is 6.53. The van der Waals surface area contributed by atoms with Crippen LogP contribution < -0.4 is 4.90 Å². The van der Waals surface area contributed by atoms with Gasteiger partial charge in [-0.3, -0.25) is 9.48 Å². The molecule has 3 heterocycles. The molecule has 8 heteroatoms. The summed E-state index contributed by atoms with van der Waals surface area (Å²) in [5, 5.41) is 11.9. The summed E-state index contributed by atoms with van der Waals surface area (Å²) in [4.78, 5) is 14.3. The molecule has 134 valence electrons. The predicted molar refractivity (Wildman–Crippen MR) is 91.3 cm³/mol. The third-order valence-electron chi connectivity index (χ3n) is 4.49. The van der Waals surface area contributed by atoms with E-state index in [1.807, 2.05) is 32.4 Å². The number of aromatic nitrogens is 4. The van der Waals surface area contributed by atoms with Crippen molar-refractivity contribution in [2.24, 2.45) is 0 Å². The Balaban J connectivity index is 1.80. The first-order valence-electron chi connectivity index (χ1n) is 8.21. The van der Waals surface area contributed by atoms with Gasteiger partial charge in [-0.15, -0.1) is 0 Å². The summed E-state index contributed by atoms with van der Waals surface area (Å²) < 4.78 is 13.4. The monoisotopic (exact) mass is 345 g/mol. The molecule has 2 aromatic rings. The number of carbonyl (C=O) groups excluding carboxylic acids is 1. The lowest BCUT2D eigenvalue weighted by Gasteiger charge is -2.23. The lowest BCUT2D eigenvalue weighted by molar-refractivity contribution is -0.143. The Morgan fingerprint density at radius 3 is 2.76 bits per heavy atom. The van der Waals surface area contributed by atoms with Crippen molar-refractivity contribution in [2.75, 3.05) is 18.6 Å². The van der Waals surface area contributed by atoms with E-state index >= 15 is 0 Å². The topological polar surface area (TPSA) is 82.4 Å². The molecule has 0 radical (unpaired) electrons. The molecule has 2 aromatic heterocycles. The van der Waals surface area contributed by atoms with Crippen molar-refractivity contribution in [1.82, 2.24) is 20.0 Å². The zero-order valence-electron chi connectivity index (χ0n) is 15.1. The van der Waals surface area contributed by atoms with Crippen LogP contribution in [0, 0.1) is 6.92 Å². The van der Waals surface area contributed by atoms with Gasteiger partial charge in [-0.05, 0) is 33.8 Å². The fourth-order valence-electron chi connectivity index (χ4n) is 2.93. The summed E-state index contributed by atoms with van der Waals surface area (Å²) in [6.07, 6.45) is 4.59. The number of ether oxygens (including phenoxy) is 2. The summed E-state index contributed by atoms with van der Waals surface area (Å²) in [5.41, 5.74) is 2.01. The molecule has 0 bridgehead atoms. The zero-order chi connectivity index (χ0) is 18.2. The van der Waals surface area contributed by atoms with Crippen LogP contribution in [-0.4, -0.2) is 51.4 Å². The number of hydrogen-bond acceptors (Lipinski definition) is 6. The number of amides is 1. The molecule has 1 fully saturated rings. The van der Waals surface area contributed by atoms with Crippen molar-refractivity contribution in [3.63, 3.8) is 0 Å². The average molecular weight is 345 g/mol. The minimum absolute atomic E-state index is 0.0452. The van der Waals surface area contributed by atoms with E-state index in [1.54, 1.807) is 31.7 Å². The SMILES string of the molecule is Cc1c(C(=O)N(C)c2ccnnc2)cnn1C(C)C1COC(C)(C)O1. The summed E-state index contributed by atoms with van der Waals surface area (Å²) >= 11 is 0. The van der Waals surface area contributed by atoms with E-state index in [9.17, 15) is 4.79 Å². The van der Waals surface area contributed by atoms with Gasteiger partial charge in [0.05, 0.1) is 42.5 Å². The highest BCUT2D eigenvalue weighted by Gasteiger charge is 2.37. The molecule has 1 aliphatic heterocycles. The molecule has 0 N–H and O–H groups in total. The van der Waals surface area contributed by atoms with Gasteiger partial charge < -0.3 is 14.4 Å². The summed E-state index contributed by atoms with van der Waals surface area (Å²) in [5.74, 6) is -0.736. The van der Waals surface area contributed by atoms with Crippen molar-refractivity contribution < 1.29 is 14.3 Å². The third kappa shape index (κ3) is 3.40. The van der Waals surface area contributed by atoms with Crippen LogP contribution in [0.3, 0.4) is 0 Å². The highest BCUT2D eigenvalue weighted by atomic mass is 16.7. The van der Waals surface area contributed by atoms with Crippen molar-refractivity contribution in [3.8, 4) is 0 Å². The van der Waals surface area contributed by atoms with Crippen LogP contribution in [0.1, 0.15) is 42.9 Å². The quantitative estimate of drug-likeness (QED) is 0.842. The molecule has 0 aliphatic carbocycles. The number of nitrogens with zero attached hydrogens (tertiary/aromatic N) is 5. The van der Waals surface area contributed by atoms with Crippen LogP contribution >= 0.6 is 0 Å². The van der Waals surface area contributed by atoms with Gasteiger partial charge in [-0.2, -0.15) is 15.3 Å². The normalized spacial score (nSPS) is 20.4. The van der Waals surface area contributed by atoms with Gasteiger partial charge in [0.15, 0.2) is 5.79 Å². The van der Waals surface area contributed by atoms with E-state index in [-0.39, 0.29) is 18.1 Å². The molecular weight excluding hydrogens is 322 g/mol. The Hall–Kier alpha value is -2.32. The van der Waals surface area contributed by atoms with Crippen LogP contribution in [0.4, 0.5) is 5.69 Å². The van der Waals surface area contributed by atoms with Gasteiger partial charge in [0.25, 0.3) is 5.91 Å². The minimum Gasteiger partial charge on any atom is -0.348 e. The number of carbonyl (C=O) groups is 1. The van der Waals surface area contributed by atoms with Crippen LogP contribution in [0.15, 0.2) is 24.7 Å². The van der Waals surface area contributed by atoms with Crippen molar-refractivity contribution in [1.29, 1.82) is 0 Å². The first kappa shape index (κ1) is 17.5. The van der Waals surface area contributed by atoms with Crippen molar-refractivity contribution >= 4 is 11.6 Å². The summed E-state index contributed by atoms with van der Waals surface area (Å²) in [7, 11) is 1.70. The molecule has 1 amide bonds. The van der Waals surface area contributed by atoms with E-state index in [0.717, 1.165) is 5.69 Å². The summed E-state index contributed by atoms with van der Waals surface area (Å²) in [6, 6.07) is 1.69. The molecule has 0 spiro atoms. The van der Waals surface area contributed by atoms with E-state index in [2.05, 4.69) is 15.3 Å². The van der Waals surface area contributed by atoms with Gasteiger partial charge in [0.2, 0.25) is 0 Å². The van der Waals surface area contributed by atoms with Gasteiger partial charge >= 0.3 is 0 Å². The van der Waals surface area contributed by atoms with Gasteiger partial charge in [-0.1, -0.05) is 0 Å². The van der Waals surface area contributed by atoms with Crippen molar-refractivity contribution in [3.05, 3.63) is 35.9 Å². The predicted octanol–water partition coefficient (Wildman–Crippen LogP) is 1.97. The Morgan fingerprint density at radius 1 is 1.40 bits per heavy atom. The van der Waals surface area contributed by atoms with Gasteiger partial charge in [0.1, 0.15) is 6.10 Å². The number of hydrogen-bond donors (Lipinski definition) is 0. The van der Waals surface area contributed by atoms with E-state index in [1.165, 1.54) is 4.90 Å². The Morgan fingerprint density at radius 2 is 2.16 bits per heavy atom. The van der Waals surface area contributed by atoms with E-state index in [4.69, 9.17) is 9.47 Å². The average Bonchev–Trinajstić information content (AvgIpc) is 3.16. The van der Waals surface area contributed by atoms with Crippen LogP contribution in [0.25, 0.3) is 0 Å². The lowest BCUT2D eigenvalue weighted by Crippen LogP contribution is -2.29. The molecule has 2 unspecified atom stereocenters. The van der Waals surface area contributed by atoms with Crippen LogP contribution in [-0.2, 0) is 9.47 Å². The van der Waals surface area contributed by atoms with E-state index in [0.29, 0.717) is 17.9 Å². The zero-order valence-corrected chi connectivity index (χ0v) is 15.1. The Labute approximate surface area is 146 Å². The second-order valence-corrected chi connectivity index (χ2v) is 6.66. The first-order chi connectivity index (χ1) is 11.8. The lowest BCUT2D eigenvalue weighted by atomic mass is 10.1. The molecular formula is C17H23N5O3. The van der Waals surface area contributed by atoms with Crippen LogP contribution in [0.2, 0.25) is 0 Å². The van der Waals surface area contributed by atoms with Crippen LogP contribution in [0.5, 0.6) is 0 Å². The molecule has 3 rings (SSSR count). The maximum atomic E-state index is 12.8. The molecule has 1 aliphatic rings. The smallest absolute Gasteiger partial charge is 0.261 e. The highest BCUT2D eigenvalue weighted by molar-refractivity contribution is 6.06. The standard InChI is InChI=1S/C17H23N5O3/c1-11-14(16(23)21(5)13-6-7-18-19-8-13)9-20-22(11)12(2)15-10-24-17(3,4)25-15/h6-9,12,15H,10H2,1-5H3. The summed E-state index contributed by atoms with van der Waals surface area (Å²) in [6.45, 7) is 8.18. The molecule has 0 saturated carbocycles. The minimum atomic E-state index is -0.590. The largest absolute Gasteiger partial charge is 0.348 e. The molecule has 2 atom stereocenters. The second-order valence-electron chi connectivity index (χ2n) is 6.66. The molecule has 25 heavy (non-hydrogen) atoms. The maximum absolute atomic E-state index is 12.8. The van der Waals surface area contributed by atoms with Crippen molar-refractivity contribution in [2.45, 2.75) is 45.6 Å². The van der Waals surface area contributed by atoms with E-state index < -0.39 is 5.79 Å². The third-order valence-corrected chi connectivity index (χ3v) is 4.49. The van der Waals surface area contributed by atoms with Gasteiger partial charge in [-0.25, -0.2) is 0 Å². The number of anilines is 1. The maximum Gasteiger partial charge on any atom is 0.261 e. The molecule has 0 aromatic carbocycles.